The van der Waals surface area contributed by atoms with E-state index in [0.717, 1.165) is 50.2 Å². The lowest BCUT2D eigenvalue weighted by atomic mass is 9.67. The highest BCUT2D eigenvalue weighted by Gasteiger charge is 2.46. The van der Waals surface area contributed by atoms with Crippen molar-refractivity contribution >= 4 is 60.8 Å². The van der Waals surface area contributed by atoms with Gasteiger partial charge in [-0.1, -0.05) is 158 Å². The number of nitrogens with zero attached hydrogens (tertiary/aromatic N) is 2. The van der Waals surface area contributed by atoms with E-state index in [2.05, 4.69) is 222 Å². The molecule has 1 aliphatic carbocycles. The zero-order chi connectivity index (χ0) is 38.2. The van der Waals surface area contributed by atoms with Crippen LogP contribution in [-0.2, 0) is 5.41 Å². The van der Waals surface area contributed by atoms with E-state index in [4.69, 9.17) is 4.42 Å². The van der Waals surface area contributed by atoms with Gasteiger partial charge in [-0.15, -0.1) is 0 Å². The first-order valence-electron chi connectivity index (χ1n) is 19.9. The van der Waals surface area contributed by atoms with Crippen molar-refractivity contribution < 1.29 is 4.42 Å². The second kappa shape index (κ2) is 12.7. The number of rotatable bonds is 6. The molecule has 272 valence electrons. The van der Waals surface area contributed by atoms with Crippen LogP contribution in [0.5, 0.6) is 0 Å². The summed E-state index contributed by atoms with van der Waals surface area (Å²) in [6.45, 7) is 0. The molecule has 58 heavy (non-hydrogen) atoms. The Kier molecular flexibility index (Phi) is 7.14. The van der Waals surface area contributed by atoms with E-state index in [1.54, 1.807) is 0 Å². The lowest BCUT2D eigenvalue weighted by molar-refractivity contribution is 0.669. The Morgan fingerprint density at radius 2 is 0.983 bits per heavy atom. The fraction of sp³-hybridized carbons (Fsp3) is 0.0182. The Hall–Kier alpha value is -7.62. The summed E-state index contributed by atoms with van der Waals surface area (Å²) in [4.78, 5) is 2.44. The van der Waals surface area contributed by atoms with Gasteiger partial charge in [-0.25, -0.2) is 0 Å². The molecular weight excluding hydrogens is 705 g/mol. The van der Waals surface area contributed by atoms with E-state index < -0.39 is 5.41 Å². The summed E-state index contributed by atoms with van der Waals surface area (Å²) in [5.41, 5.74) is 15.3. The van der Waals surface area contributed by atoms with Crippen LogP contribution >= 0.6 is 0 Å². The van der Waals surface area contributed by atoms with Gasteiger partial charge in [0.1, 0.15) is 11.2 Å². The van der Waals surface area contributed by atoms with Gasteiger partial charge in [-0.3, -0.25) is 0 Å². The number of furan rings is 1. The maximum absolute atomic E-state index is 6.58. The van der Waals surface area contributed by atoms with Gasteiger partial charge in [0, 0.05) is 44.7 Å². The Labute approximate surface area is 336 Å². The van der Waals surface area contributed by atoms with Crippen molar-refractivity contribution in [2.24, 2.45) is 0 Å². The molecule has 3 nitrogen and oxygen atoms in total. The minimum absolute atomic E-state index is 0.538. The lowest BCUT2D eigenvalue weighted by Crippen LogP contribution is -2.28. The van der Waals surface area contributed by atoms with Crippen molar-refractivity contribution in [1.82, 2.24) is 4.57 Å². The summed E-state index contributed by atoms with van der Waals surface area (Å²) >= 11 is 0. The van der Waals surface area contributed by atoms with Crippen LogP contribution in [-0.4, -0.2) is 4.57 Å². The average Bonchev–Trinajstić information content (AvgIpc) is 3.94. The first kappa shape index (κ1) is 32.6. The number of hydrogen-bond acceptors (Lipinski definition) is 2. The van der Waals surface area contributed by atoms with E-state index >= 15 is 0 Å². The van der Waals surface area contributed by atoms with Crippen LogP contribution in [0.4, 0.5) is 17.1 Å². The molecule has 0 unspecified atom stereocenters. The topological polar surface area (TPSA) is 21.3 Å². The Bertz CT molecular complexity index is 3300. The van der Waals surface area contributed by atoms with Gasteiger partial charge in [-0.05, 0) is 88.0 Å². The van der Waals surface area contributed by atoms with Crippen LogP contribution in [0, 0.1) is 0 Å². The first-order chi connectivity index (χ1) is 28.8. The fourth-order valence-corrected chi connectivity index (χ4v) is 9.88. The largest absolute Gasteiger partial charge is 0.456 e. The molecular formula is C55H36N2O. The number of aromatic nitrogens is 1. The zero-order valence-corrected chi connectivity index (χ0v) is 31.6. The van der Waals surface area contributed by atoms with Crippen molar-refractivity contribution in [1.29, 1.82) is 0 Å². The molecule has 2 aromatic heterocycles. The predicted octanol–water partition coefficient (Wildman–Crippen LogP) is 14.5. The molecule has 0 aliphatic heterocycles. The van der Waals surface area contributed by atoms with Gasteiger partial charge in [0.05, 0.1) is 22.1 Å². The molecule has 0 bridgehead atoms. The molecule has 3 heteroatoms. The summed E-state index contributed by atoms with van der Waals surface area (Å²) in [5, 5.41) is 4.64. The zero-order valence-electron chi connectivity index (χ0n) is 31.6. The summed E-state index contributed by atoms with van der Waals surface area (Å²) in [7, 11) is 0. The van der Waals surface area contributed by atoms with Gasteiger partial charge < -0.3 is 13.9 Å². The highest BCUT2D eigenvalue weighted by Crippen LogP contribution is 2.57. The standard InChI is InChI=1S/C55H36N2O/c1-4-17-37(18-5-1)55(38-19-6-2-7-20-38)48-27-13-10-23-42(48)43-33-31-40(35-49(43)55)56(41-32-34-46-45-25-12-15-30-52(45)58-53(46)36-41)51-29-16-26-47-44-24-11-14-28-50(44)57(54(47)51)39-21-8-3-9-22-39/h1-36H. The van der Waals surface area contributed by atoms with E-state index in [1.165, 1.54) is 49.7 Å². The third-order valence-electron chi connectivity index (χ3n) is 12.2. The Morgan fingerprint density at radius 1 is 0.397 bits per heavy atom. The summed E-state index contributed by atoms with van der Waals surface area (Å²) in [5.74, 6) is 0. The highest BCUT2D eigenvalue weighted by molar-refractivity contribution is 6.15. The Morgan fingerprint density at radius 3 is 1.78 bits per heavy atom. The maximum atomic E-state index is 6.58. The Balaban J connectivity index is 1.19. The average molecular weight is 741 g/mol. The molecule has 0 saturated heterocycles. The smallest absolute Gasteiger partial charge is 0.137 e. The molecule has 0 saturated carbocycles. The minimum atomic E-state index is -0.538. The molecule has 0 amide bonds. The van der Waals surface area contributed by atoms with Gasteiger partial charge in [0.2, 0.25) is 0 Å². The molecule has 0 N–H and O–H groups in total. The highest BCUT2D eigenvalue weighted by atomic mass is 16.3. The second-order valence-electron chi connectivity index (χ2n) is 15.2. The number of hydrogen-bond donors (Lipinski definition) is 0. The third kappa shape index (κ3) is 4.62. The third-order valence-corrected chi connectivity index (χ3v) is 12.2. The van der Waals surface area contributed by atoms with E-state index in [0.29, 0.717) is 0 Å². The number of fused-ring (bicyclic) bond motifs is 9. The van der Waals surface area contributed by atoms with Gasteiger partial charge >= 0.3 is 0 Å². The number of para-hydroxylation sites is 4. The van der Waals surface area contributed by atoms with E-state index in [1.807, 2.05) is 6.07 Å². The minimum Gasteiger partial charge on any atom is -0.456 e. The van der Waals surface area contributed by atoms with E-state index in [9.17, 15) is 0 Å². The van der Waals surface area contributed by atoms with Gasteiger partial charge in [0.25, 0.3) is 0 Å². The van der Waals surface area contributed by atoms with Crippen LogP contribution in [0.25, 0.3) is 60.6 Å². The van der Waals surface area contributed by atoms with Crippen LogP contribution in [0.1, 0.15) is 22.3 Å². The van der Waals surface area contributed by atoms with Crippen molar-refractivity contribution in [3.8, 4) is 16.8 Å². The van der Waals surface area contributed by atoms with Gasteiger partial charge in [0.15, 0.2) is 0 Å². The van der Waals surface area contributed by atoms with Crippen LogP contribution in [0.3, 0.4) is 0 Å². The van der Waals surface area contributed by atoms with Gasteiger partial charge in [-0.2, -0.15) is 0 Å². The predicted molar refractivity (Wildman–Crippen MR) is 240 cm³/mol. The van der Waals surface area contributed by atoms with Crippen molar-refractivity contribution in [3.05, 3.63) is 241 Å². The van der Waals surface area contributed by atoms with Crippen LogP contribution in [0.15, 0.2) is 223 Å². The molecule has 0 atom stereocenters. The second-order valence-corrected chi connectivity index (χ2v) is 15.2. The molecule has 11 aromatic rings. The molecule has 1 aliphatic rings. The van der Waals surface area contributed by atoms with Crippen molar-refractivity contribution in [2.75, 3.05) is 4.90 Å². The van der Waals surface area contributed by atoms with Crippen molar-refractivity contribution in [3.63, 3.8) is 0 Å². The van der Waals surface area contributed by atoms with Crippen LogP contribution in [0.2, 0.25) is 0 Å². The molecule has 2 heterocycles. The summed E-state index contributed by atoms with van der Waals surface area (Å²) in [6, 6.07) is 79.3. The monoisotopic (exact) mass is 740 g/mol. The SMILES string of the molecule is c1ccc(-n2c3ccccc3c3cccc(N(c4ccc5c(c4)C(c4ccccc4)(c4ccccc4)c4ccccc4-5)c4ccc5c(c4)oc4ccccc45)c32)cc1. The number of benzene rings is 9. The summed E-state index contributed by atoms with van der Waals surface area (Å²) in [6.07, 6.45) is 0. The maximum Gasteiger partial charge on any atom is 0.137 e. The van der Waals surface area contributed by atoms with E-state index in [-0.39, 0.29) is 0 Å². The molecule has 9 aromatic carbocycles. The molecule has 0 spiro atoms. The fourth-order valence-electron chi connectivity index (χ4n) is 9.88. The molecule has 0 radical (unpaired) electrons. The first-order valence-corrected chi connectivity index (χ1v) is 19.9. The lowest BCUT2D eigenvalue weighted by Gasteiger charge is -2.35. The summed E-state index contributed by atoms with van der Waals surface area (Å²) < 4.78 is 9.00. The molecule has 0 fully saturated rings. The van der Waals surface area contributed by atoms with Crippen molar-refractivity contribution in [2.45, 2.75) is 5.41 Å². The number of anilines is 3. The quantitative estimate of drug-likeness (QED) is 0.169. The molecule has 12 rings (SSSR count). The normalized spacial score (nSPS) is 13.0. The van der Waals surface area contributed by atoms with Crippen LogP contribution < -0.4 is 4.90 Å².